The van der Waals surface area contributed by atoms with E-state index in [1.165, 1.54) is 0 Å². The lowest BCUT2D eigenvalue weighted by molar-refractivity contribution is -0.376. The monoisotopic (exact) mass is 304 g/mol. The molecule has 9 heteroatoms. The third kappa shape index (κ3) is 2.42. The van der Waals surface area contributed by atoms with E-state index in [9.17, 15) is 36.6 Å². The number of aliphatic hydroxyl groups is 2. The summed E-state index contributed by atoms with van der Waals surface area (Å²) in [4.78, 5) is 0. The molecular formula is C11H10F6O3. The number of alkyl halides is 6. The second-order valence-corrected chi connectivity index (χ2v) is 4.18. The van der Waals surface area contributed by atoms with Crippen LogP contribution in [0.4, 0.5) is 26.3 Å². The van der Waals surface area contributed by atoms with Crippen molar-refractivity contribution in [2.24, 2.45) is 0 Å². The molecule has 0 saturated heterocycles. The van der Waals surface area contributed by atoms with E-state index in [0.29, 0.717) is 6.07 Å². The van der Waals surface area contributed by atoms with Crippen LogP contribution in [0.25, 0.3) is 0 Å². The molecule has 0 radical (unpaired) electrons. The van der Waals surface area contributed by atoms with Crippen LogP contribution < -0.4 is 0 Å². The van der Waals surface area contributed by atoms with Crippen LogP contribution in [0.5, 0.6) is 5.75 Å². The molecule has 114 valence electrons. The van der Waals surface area contributed by atoms with Gasteiger partial charge in [-0.25, -0.2) is 0 Å². The van der Waals surface area contributed by atoms with Crippen molar-refractivity contribution in [1.29, 1.82) is 0 Å². The van der Waals surface area contributed by atoms with E-state index >= 15 is 0 Å². The van der Waals surface area contributed by atoms with Crippen LogP contribution >= 0.6 is 0 Å². The van der Waals surface area contributed by atoms with Crippen LogP contribution in [0.3, 0.4) is 0 Å². The number of phenols is 1. The van der Waals surface area contributed by atoms with Crippen LogP contribution in [0.2, 0.25) is 0 Å². The normalized spacial score (nSPS) is 13.7. The molecule has 0 fully saturated rings. The molecule has 0 unspecified atom stereocenters. The lowest BCUT2D eigenvalue weighted by atomic mass is 9.88. The summed E-state index contributed by atoms with van der Waals surface area (Å²) in [6.45, 7) is 0.182. The summed E-state index contributed by atoms with van der Waals surface area (Å²) in [5.41, 5.74) is -7.62. The zero-order valence-electron chi connectivity index (χ0n) is 9.97. The minimum atomic E-state index is -6.09. The Hall–Kier alpha value is -1.48. The lowest BCUT2D eigenvalue weighted by Gasteiger charge is -2.33. The number of rotatable bonds is 2. The van der Waals surface area contributed by atoms with Crippen LogP contribution in [-0.4, -0.2) is 27.7 Å². The van der Waals surface area contributed by atoms with E-state index < -0.39 is 41.4 Å². The summed E-state index contributed by atoms with van der Waals surface area (Å²) in [7, 11) is 0. The Labute approximate surface area is 109 Å². The third-order valence-corrected chi connectivity index (χ3v) is 2.71. The minimum absolute atomic E-state index is 0.0891. The average Bonchev–Trinajstić information content (AvgIpc) is 2.27. The van der Waals surface area contributed by atoms with E-state index in [1.807, 2.05) is 0 Å². The Kier molecular flexibility index (Phi) is 3.99. The topological polar surface area (TPSA) is 60.7 Å². The van der Waals surface area contributed by atoms with Crippen molar-refractivity contribution >= 4 is 0 Å². The van der Waals surface area contributed by atoms with E-state index in [4.69, 9.17) is 5.11 Å². The molecule has 0 heterocycles. The van der Waals surface area contributed by atoms with Gasteiger partial charge in [-0.15, -0.1) is 0 Å². The highest BCUT2D eigenvalue weighted by Crippen LogP contribution is 2.52. The number of aryl methyl sites for hydroxylation is 1. The van der Waals surface area contributed by atoms with Gasteiger partial charge in [0.2, 0.25) is 0 Å². The highest BCUT2D eigenvalue weighted by Gasteiger charge is 2.72. The van der Waals surface area contributed by atoms with Gasteiger partial charge in [0.1, 0.15) is 5.75 Å². The molecule has 0 saturated carbocycles. The summed E-state index contributed by atoms with van der Waals surface area (Å²) in [5.74, 6) is -1.45. The van der Waals surface area contributed by atoms with E-state index in [2.05, 4.69) is 0 Å². The van der Waals surface area contributed by atoms with Crippen molar-refractivity contribution < 1.29 is 41.7 Å². The van der Waals surface area contributed by atoms with Crippen molar-refractivity contribution in [3.05, 3.63) is 28.8 Å². The molecule has 0 aromatic heterocycles. The molecule has 1 rings (SSSR count). The van der Waals surface area contributed by atoms with Crippen LogP contribution in [0, 0.1) is 6.92 Å². The first-order chi connectivity index (χ1) is 8.86. The zero-order chi connectivity index (χ0) is 15.9. The minimum Gasteiger partial charge on any atom is -0.507 e. The first-order valence-corrected chi connectivity index (χ1v) is 5.16. The second kappa shape index (κ2) is 4.81. The Morgan fingerprint density at radius 2 is 1.45 bits per heavy atom. The molecule has 1 aromatic rings. The van der Waals surface area contributed by atoms with Crippen molar-refractivity contribution in [2.45, 2.75) is 31.5 Å². The predicted molar refractivity (Wildman–Crippen MR) is 54.8 cm³/mol. The maximum atomic E-state index is 12.7. The second-order valence-electron chi connectivity index (χ2n) is 4.18. The number of hydrogen-bond donors (Lipinski definition) is 3. The summed E-state index contributed by atoms with van der Waals surface area (Å²) >= 11 is 0. The number of hydrogen-bond acceptors (Lipinski definition) is 3. The molecule has 3 nitrogen and oxygen atoms in total. The Bertz CT molecular complexity index is 492. The maximum absolute atomic E-state index is 12.7. The fourth-order valence-electron chi connectivity index (χ4n) is 1.72. The van der Waals surface area contributed by atoms with Gasteiger partial charge in [-0.05, 0) is 13.0 Å². The fraction of sp³-hybridized carbons (Fsp3) is 0.455. The lowest BCUT2D eigenvalue weighted by Crippen LogP contribution is -2.54. The molecule has 0 aliphatic rings. The Morgan fingerprint density at radius 1 is 1.00 bits per heavy atom. The molecule has 0 spiro atoms. The fourth-order valence-corrected chi connectivity index (χ4v) is 1.72. The highest BCUT2D eigenvalue weighted by atomic mass is 19.4. The van der Waals surface area contributed by atoms with Gasteiger partial charge in [-0.1, -0.05) is 11.6 Å². The predicted octanol–water partition coefficient (Wildman–Crippen LogP) is 2.51. The van der Waals surface area contributed by atoms with Crippen molar-refractivity contribution in [3.63, 3.8) is 0 Å². The van der Waals surface area contributed by atoms with Crippen LogP contribution in [0.1, 0.15) is 16.7 Å². The smallest absolute Gasteiger partial charge is 0.430 e. The number of aliphatic hydroxyl groups excluding tert-OH is 1. The number of halogens is 6. The van der Waals surface area contributed by atoms with E-state index in [0.717, 1.165) is 13.0 Å². The Balaban J connectivity index is 3.73. The number of aromatic hydroxyl groups is 1. The molecule has 1 aromatic carbocycles. The molecule has 0 bridgehead atoms. The summed E-state index contributed by atoms with van der Waals surface area (Å²) in [6, 6.07) is 1.38. The quantitative estimate of drug-likeness (QED) is 0.736. The SMILES string of the molecule is Cc1cc(CO)c(O)c(C(O)(C(F)(F)F)C(F)(F)F)c1. The van der Waals surface area contributed by atoms with E-state index in [1.54, 1.807) is 0 Å². The molecular weight excluding hydrogens is 294 g/mol. The molecule has 0 amide bonds. The zero-order valence-corrected chi connectivity index (χ0v) is 9.97. The summed E-state index contributed by atoms with van der Waals surface area (Å²) < 4.78 is 76.1. The van der Waals surface area contributed by atoms with Gasteiger partial charge in [-0.2, -0.15) is 26.3 Å². The van der Waals surface area contributed by atoms with Crippen molar-refractivity contribution in [1.82, 2.24) is 0 Å². The van der Waals surface area contributed by atoms with Gasteiger partial charge < -0.3 is 15.3 Å². The van der Waals surface area contributed by atoms with Gasteiger partial charge in [-0.3, -0.25) is 0 Å². The average molecular weight is 304 g/mol. The van der Waals surface area contributed by atoms with Crippen molar-refractivity contribution in [2.75, 3.05) is 0 Å². The summed E-state index contributed by atoms with van der Waals surface area (Å²) in [5, 5.41) is 27.5. The van der Waals surface area contributed by atoms with Gasteiger partial charge >= 0.3 is 12.4 Å². The first kappa shape index (κ1) is 16.6. The molecule has 0 atom stereocenters. The van der Waals surface area contributed by atoms with E-state index in [-0.39, 0.29) is 5.56 Å². The molecule has 0 aliphatic carbocycles. The van der Waals surface area contributed by atoms with Gasteiger partial charge in [0, 0.05) is 11.1 Å². The number of benzene rings is 1. The Morgan fingerprint density at radius 3 is 1.80 bits per heavy atom. The van der Waals surface area contributed by atoms with Gasteiger partial charge in [0.05, 0.1) is 6.61 Å². The maximum Gasteiger partial charge on any atom is 0.430 e. The highest BCUT2D eigenvalue weighted by molar-refractivity contribution is 5.47. The van der Waals surface area contributed by atoms with Gasteiger partial charge in [0.25, 0.3) is 5.60 Å². The molecule has 3 N–H and O–H groups in total. The largest absolute Gasteiger partial charge is 0.507 e. The van der Waals surface area contributed by atoms with Crippen LogP contribution in [-0.2, 0) is 12.2 Å². The van der Waals surface area contributed by atoms with Crippen molar-refractivity contribution in [3.8, 4) is 5.75 Å². The first-order valence-electron chi connectivity index (χ1n) is 5.16. The summed E-state index contributed by atoms with van der Waals surface area (Å²) in [6.07, 6.45) is -12.2. The molecule has 0 aliphatic heterocycles. The van der Waals surface area contributed by atoms with Gasteiger partial charge in [0.15, 0.2) is 0 Å². The van der Waals surface area contributed by atoms with Crippen LogP contribution in [0.15, 0.2) is 12.1 Å². The third-order valence-electron chi connectivity index (χ3n) is 2.71. The standard InChI is InChI=1S/C11H10F6O3/c1-5-2-6(4-18)8(19)7(3-5)9(20,10(12,13)14)11(15,16)17/h2-3,18-20H,4H2,1H3. The molecule has 20 heavy (non-hydrogen) atoms.